The van der Waals surface area contributed by atoms with Gasteiger partial charge in [0.25, 0.3) is 0 Å². The van der Waals surface area contributed by atoms with E-state index in [9.17, 15) is 0 Å². The van der Waals surface area contributed by atoms with Crippen LogP contribution in [0.15, 0.2) is 71.7 Å². The highest BCUT2D eigenvalue weighted by molar-refractivity contribution is 5.97. The molecule has 1 aromatic carbocycles. The van der Waals surface area contributed by atoms with Crippen molar-refractivity contribution in [1.82, 2.24) is 4.90 Å². The van der Waals surface area contributed by atoms with Gasteiger partial charge in [-0.2, -0.15) is 0 Å². The van der Waals surface area contributed by atoms with E-state index in [4.69, 9.17) is 4.99 Å². The molecule has 2 nitrogen and oxygen atoms in total. The smallest absolute Gasteiger partial charge is 0.0665 e. The summed E-state index contributed by atoms with van der Waals surface area (Å²) in [5.41, 5.74) is 4.72. The van der Waals surface area contributed by atoms with E-state index >= 15 is 0 Å². The summed E-state index contributed by atoms with van der Waals surface area (Å²) in [6.45, 7) is 0. The molecule has 2 heteroatoms. The molecule has 0 bridgehead atoms. The van der Waals surface area contributed by atoms with Gasteiger partial charge in [0.1, 0.15) is 0 Å². The van der Waals surface area contributed by atoms with Crippen LogP contribution in [0.5, 0.6) is 0 Å². The Morgan fingerprint density at radius 1 is 1.16 bits per heavy atom. The molecule has 0 aromatic heterocycles. The van der Waals surface area contributed by atoms with Crippen LogP contribution < -0.4 is 0 Å². The molecule has 1 atom stereocenters. The molecule has 0 spiro atoms. The molecular formula is C17H13N2. The van der Waals surface area contributed by atoms with E-state index in [0.717, 1.165) is 17.8 Å². The Morgan fingerprint density at radius 2 is 2.11 bits per heavy atom. The van der Waals surface area contributed by atoms with Gasteiger partial charge in [-0.05, 0) is 29.9 Å². The summed E-state index contributed by atoms with van der Waals surface area (Å²) in [7, 11) is 0. The Hall–Kier alpha value is -2.35. The van der Waals surface area contributed by atoms with Crippen molar-refractivity contribution in [3.63, 3.8) is 0 Å². The van der Waals surface area contributed by atoms with Gasteiger partial charge in [-0.25, -0.2) is 0 Å². The van der Waals surface area contributed by atoms with Crippen LogP contribution in [0.4, 0.5) is 5.69 Å². The number of hydrogen-bond acceptors (Lipinski definition) is 2. The fourth-order valence-corrected chi connectivity index (χ4v) is 2.63. The third-order valence-corrected chi connectivity index (χ3v) is 3.62. The molecule has 3 aliphatic heterocycles. The largest absolute Gasteiger partial charge is 0.324 e. The first-order valence-electron chi connectivity index (χ1n) is 6.50. The minimum absolute atomic E-state index is 0.190. The molecule has 0 saturated carbocycles. The number of nitrogens with zero attached hydrogens (tertiary/aromatic N) is 2. The van der Waals surface area contributed by atoms with Gasteiger partial charge < -0.3 is 4.90 Å². The molecule has 91 valence electrons. The summed E-state index contributed by atoms with van der Waals surface area (Å²) in [6, 6.07) is 8.35. The van der Waals surface area contributed by atoms with Crippen LogP contribution in [0.2, 0.25) is 0 Å². The molecule has 4 rings (SSSR count). The van der Waals surface area contributed by atoms with Gasteiger partial charge in [0.05, 0.1) is 5.69 Å². The van der Waals surface area contributed by atoms with Crippen LogP contribution >= 0.6 is 0 Å². The van der Waals surface area contributed by atoms with Gasteiger partial charge in [-0.3, -0.25) is 4.99 Å². The molecule has 3 heterocycles. The Kier molecular flexibility index (Phi) is 2.27. The second-order valence-corrected chi connectivity index (χ2v) is 4.87. The minimum Gasteiger partial charge on any atom is -0.324 e. The predicted molar refractivity (Wildman–Crippen MR) is 76.7 cm³/mol. The Labute approximate surface area is 112 Å². The Morgan fingerprint density at radius 3 is 3.05 bits per heavy atom. The quantitative estimate of drug-likeness (QED) is 0.739. The highest BCUT2D eigenvalue weighted by Crippen LogP contribution is 2.31. The van der Waals surface area contributed by atoms with Crippen molar-refractivity contribution in [2.75, 3.05) is 0 Å². The van der Waals surface area contributed by atoms with Crippen molar-refractivity contribution >= 4 is 11.4 Å². The molecule has 0 aliphatic carbocycles. The second-order valence-electron chi connectivity index (χ2n) is 4.87. The van der Waals surface area contributed by atoms with Crippen LogP contribution in [0.3, 0.4) is 0 Å². The SMILES string of the molecule is [C]1=C2C=CC=CN2C=CC1C1=Nc2ccccc2C1. The monoisotopic (exact) mass is 245 g/mol. The number of benzene rings is 1. The van der Waals surface area contributed by atoms with Crippen molar-refractivity contribution in [2.24, 2.45) is 10.9 Å². The lowest BCUT2D eigenvalue weighted by atomic mass is 9.95. The lowest BCUT2D eigenvalue weighted by Crippen LogP contribution is -2.20. The van der Waals surface area contributed by atoms with E-state index in [1.54, 1.807) is 0 Å². The number of aliphatic imine (C=N–C) groups is 1. The Balaban J connectivity index is 1.65. The van der Waals surface area contributed by atoms with Crippen LogP contribution in [0.25, 0.3) is 0 Å². The predicted octanol–water partition coefficient (Wildman–Crippen LogP) is 3.53. The highest BCUT2D eigenvalue weighted by Gasteiger charge is 2.23. The maximum Gasteiger partial charge on any atom is 0.0665 e. The van der Waals surface area contributed by atoms with Crippen molar-refractivity contribution in [3.8, 4) is 0 Å². The third-order valence-electron chi connectivity index (χ3n) is 3.62. The summed E-state index contributed by atoms with van der Waals surface area (Å²) in [4.78, 5) is 6.82. The van der Waals surface area contributed by atoms with E-state index in [-0.39, 0.29) is 5.92 Å². The maximum atomic E-state index is 4.74. The average Bonchev–Trinajstić information content (AvgIpc) is 2.90. The van der Waals surface area contributed by atoms with Crippen molar-refractivity contribution in [3.05, 3.63) is 78.3 Å². The fourth-order valence-electron chi connectivity index (χ4n) is 2.63. The van der Waals surface area contributed by atoms with Gasteiger partial charge >= 0.3 is 0 Å². The van der Waals surface area contributed by atoms with Crippen LogP contribution in [-0.2, 0) is 6.42 Å². The van der Waals surface area contributed by atoms with Crippen LogP contribution in [-0.4, -0.2) is 10.6 Å². The molecule has 0 amide bonds. The van der Waals surface area contributed by atoms with Gasteiger partial charge in [-0.15, -0.1) is 0 Å². The van der Waals surface area contributed by atoms with Crippen molar-refractivity contribution < 1.29 is 0 Å². The number of hydrogen-bond donors (Lipinski definition) is 0. The zero-order chi connectivity index (χ0) is 12.7. The van der Waals surface area contributed by atoms with Gasteiger partial charge in [0, 0.05) is 36.1 Å². The third kappa shape index (κ3) is 1.76. The molecule has 1 aromatic rings. The highest BCUT2D eigenvalue weighted by atomic mass is 15.1. The van der Waals surface area contributed by atoms with Gasteiger partial charge in [0.2, 0.25) is 0 Å². The molecule has 0 fully saturated rings. The molecule has 3 aliphatic rings. The molecule has 1 radical (unpaired) electrons. The topological polar surface area (TPSA) is 15.6 Å². The number of fused-ring (bicyclic) bond motifs is 2. The number of allylic oxidation sites excluding steroid dienone is 5. The molecule has 0 N–H and O–H groups in total. The van der Waals surface area contributed by atoms with E-state index in [1.807, 2.05) is 24.4 Å². The number of para-hydroxylation sites is 1. The minimum atomic E-state index is 0.190. The summed E-state index contributed by atoms with van der Waals surface area (Å²) in [6.07, 6.45) is 16.9. The summed E-state index contributed by atoms with van der Waals surface area (Å²) >= 11 is 0. The maximum absolute atomic E-state index is 4.74. The molecule has 0 saturated heterocycles. The molecule has 19 heavy (non-hydrogen) atoms. The van der Waals surface area contributed by atoms with E-state index in [2.05, 4.69) is 47.5 Å². The van der Waals surface area contributed by atoms with E-state index in [0.29, 0.717) is 0 Å². The van der Waals surface area contributed by atoms with Crippen LogP contribution in [0.1, 0.15) is 5.56 Å². The molecule has 1 unspecified atom stereocenters. The van der Waals surface area contributed by atoms with E-state index in [1.165, 1.54) is 11.3 Å². The zero-order valence-corrected chi connectivity index (χ0v) is 10.5. The zero-order valence-electron chi connectivity index (χ0n) is 10.5. The van der Waals surface area contributed by atoms with Crippen LogP contribution in [0, 0.1) is 12.0 Å². The van der Waals surface area contributed by atoms with Crippen molar-refractivity contribution in [1.29, 1.82) is 0 Å². The first kappa shape index (κ1) is 10.6. The first-order valence-corrected chi connectivity index (χ1v) is 6.50. The molecular weight excluding hydrogens is 232 g/mol. The van der Waals surface area contributed by atoms with Gasteiger partial charge in [-0.1, -0.05) is 30.4 Å². The summed E-state index contributed by atoms with van der Waals surface area (Å²) < 4.78 is 0. The summed E-state index contributed by atoms with van der Waals surface area (Å²) in [5.74, 6) is 0.190. The Bertz CT molecular complexity index is 674. The lowest BCUT2D eigenvalue weighted by Gasteiger charge is -2.25. The summed E-state index contributed by atoms with van der Waals surface area (Å²) in [5, 5.41) is 0. The normalized spacial score (nSPS) is 22.9. The van der Waals surface area contributed by atoms with Gasteiger partial charge in [0.15, 0.2) is 0 Å². The average molecular weight is 245 g/mol. The van der Waals surface area contributed by atoms with E-state index < -0.39 is 0 Å². The lowest BCUT2D eigenvalue weighted by molar-refractivity contribution is 0.613. The standard InChI is InChI=1S/C17H13N2/c1-2-7-16-13(5-1)12-17(18-16)14-8-10-19-9-4-3-6-15(19)11-14/h1-10,14H,12H2. The van der Waals surface area contributed by atoms with Crippen molar-refractivity contribution in [2.45, 2.75) is 6.42 Å². The first-order chi connectivity index (χ1) is 9.40. The number of rotatable bonds is 1. The second kappa shape index (κ2) is 4.09. The fraction of sp³-hybridized carbons (Fsp3) is 0.118.